The Bertz CT molecular complexity index is 1470. The van der Waals surface area contributed by atoms with Gasteiger partial charge in [0.1, 0.15) is 5.69 Å². The molecule has 0 amide bonds. The third kappa shape index (κ3) is 2.51. The second-order valence-electron chi connectivity index (χ2n) is 7.37. The Morgan fingerprint density at radius 1 is 0.759 bits per heavy atom. The summed E-state index contributed by atoms with van der Waals surface area (Å²) in [5, 5.41) is 8.89. The van der Waals surface area contributed by atoms with Gasteiger partial charge in [-0.25, -0.2) is 4.52 Å². The van der Waals surface area contributed by atoms with Crippen molar-refractivity contribution in [1.82, 2.24) is 9.61 Å². The molecule has 3 aromatic heterocycles. The zero-order valence-electron chi connectivity index (χ0n) is 16.0. The lowest BCUT2D eigenvalue weighted by molar-refractivity contribution is 0.981. The summed E-state index contributed by atoms with van der Waals surface area (Å²) in [4.78, 5) is 1.22. The molecule has 3 heteroatoms. The molecule has 0 radical (unpaired) electrons. The van der Waals surface area contributed by atoms with Crippen molar-refractivity contribution in [2.45, 2.75) is 6.92 Å². The molecule has 0 aliphatic carbocycles. The number of pyridine rings is 1. The first-order chi connectivity index (χ1) is 14.3. The minimum Gasteiger partial charge on any atom is -0.232 e. The molecule has 138 valence electrons. The SMILES string of the molecule is Cc1c(-c2cc3ccccc3s2)nn2c(-c3ccccc3)cc3ccccc3c12. The lowest BCUT2D eigenvalue weighted by Gasteiger charge is -2.09. The molecule has 0 bridgehead atoms. The van der Waals surface area contributed by atoms with Gasteiger partial charge in [-0.2, -0.15) is 5.10 Å². The van der Waals surface area contributed by atoms with Crippen LogP contribution in [0.5, 0.6) is 0 Å². The number of aryl methyl sites for hydroxylation is 1. The molecule has 0 aliphatic rings. The Morgan fingerprint density at radius 2 is 1.48 bits per heavy atom. The molecule has 3 heterocycles. The molecule has 0 saturated carbocycles. The van der Waals surface area contributed by atoms with E-state index in [2.05, 4.69) is 102 Å². The maximum atomic E-state index is 5.13. The van der Waals surface area contributed by atoms with Gasteiger partial charge in [0.2, 0.25) is 0 Å². The van der Waals surface area contributed by atoms with E-state index in [9.17, 15) is 0 Å². The van der Waals surface area contributed by atoms with Crippen LogP contribution in [0.15, 0.2) is 91.0 Å². The molecule has 0 aliphatic heterocycles. The zero-order chi connectivity index (χ0) is 19.4. The molecule has 0 unspecified atom stereocenters. The molecule has 6 rings (SSSR count). The first kappa shape index (κ1) is 16.5. The number of thiophene rings is 1. The molecule has 0 fully saturated rings. The van der Waals surface area contributed by atoms with Crippen LogP contribution in [0, 0.1) is 6.92 Å². The van der Waals surface area contributed by atoms with Gasteiger partial charge in [-0.05, 0) is 35.9 Å². The third-order valence-electron chi connectivity index (χ3n) is 5.59. The maximum Gasteiger partial charge on any atom is 0.106 e. The molecule has 0 spiro atoms. The Kier molecular flexibility index (Phi) is 3.58. The highest BCUT2D eigenvalue weighted by Gasteiger charge is 2.18. The molecule has 3 aromatic carbocycles. The standard InChI is InChI=1S/C26H18N2S/c1-17-25(24-16-20-12-6-8-14-23(20)29-24)27-28-22(18-9-3-2-4-10-18)15-19-11-5-7-13-21(19)26(17)28/h2-16H,1H3. The number of benzene rings is 3. The van der Waals surface area contributed by atoms with Gasteiger partial charge in [0.25, 0.3) is 0 Å². The van der Waals surface area contributed by atoms with Crippen LogP contribution in [0.1, 0.15) is 5.56 Å². The van der Waals surface area contributed by atoms with Crippen molar-refractivity contribution in [3.8, 4) is 21.8 Å². The number of hydrogen-bond donors (Lipinski definition) is 0. The van der Waals surface area contributed by atoms with Crippen molar-refractivity contribution in [2.75, 3.05) is 0 Å². The summed E-state index contributed by atoms with van der Waals surface area (Å²) in [6, 6.07) is 32.2. The molecule has 0 atom stereocenters. The fourth-order valence-corrected chi connectivity index (χ4v) is 5.29. The normalized spacial score (nSPS) is 11.6. The van der Waals surface area contributed by atoms with Crippen LogP contribution in [-0.4, -0.2) is 9.61 Å². The molecule has 6 aromatic rings. The summed E-state index contributed by atoms with van der Waals surface area (Å²) in [6.07, 6.45) is 0. The molecular weight excluding hydrogens is 372 g/mol. The fraction of sp³-hybridized carbons (Fsp3) is 0.0385. The predicted molar refractivity (Wildman–Crippen MR) is 124 cm³/mol. The van der Waals surface area contributed by atoms with E-state index in [1.807, 2.05) is 11.3 Å². The average molecular weight is 391 g/mol. The second kappa shape index (κ2) is 6.29. The summed E-state index contributed by atoms with van der Waals surface area (Å²) in [6.45, 7) is 2.20. The third-order valence-corrected chi connectivity index (χ3v) is 6.71. The van der Waals surface area contributed by atoms with Crippen LogP contribution in [0.2, 0.25) is 0 Å². The van der Waals surface area contributed by atoms with Crippen molar-refractivity contribution in [3.63, 3.8) is 0 Å². The summed E-state index contributed by atoms with van der Waals surface area (Å²) in [7, 11) is 0. The van der Waals surface area contributed by atoms with E-state index < -0.39 is 0 Å². The van der Waals surface area contributed by atoms with Crippen LogP contribution in [0.4, 0.5) is 0 Å². The maximum absolute atomic E-state index is 5.13. The summed E-state index contributed by atoms with van der Waals surface area (Å²) in [5.74, 6) is 0. The van der Waals surface area contributed by atoms with E-state index in [0.29, 0.717) is 0 Å². The summed E-state index contributed by atoms with van der Waals surface area (Å²) >= 11 is 1.81. The molecule has 0 N–H and O–H groups in total. The van der Waals surface area contributed by atoms with Gasteiger partial charge >= 0.3 is 0 Å². The van der Waals surface area contributed by atoms with Gasteiger partial charge in [0, 0.05) is 21.2 Å². The summed E-state index contributed by atoms with van der Waals surface area (Å²) in [5.41, 5.74) is 5.78. The predicted octanol–water partition coefficient (Wildman–Crippen LogP) is 7.34. The first-order valence-electron chi connectivity index (χ1n) is 9.75. The highest BCUT2D eigenvalue weighted by molar-refractivity contribution is 7.22. The Labute approximate surface area is 172 Å². The van der Waals surface area contributed by atoms with E-state index in [-0.39, 0.29) is 0 Å². The lowest BCUT2D eigenvalue weighted by atomic mass is 10.0. The minimum absolute atomic E-state index is 1.07. The smallest absolute Gasteiger partial charge is 0.106 e. The van der Waals surface area contributed by atoms with Gasteiger partial charge in [-0.3, -0.25) is 0 Å². The fourth-order valence-electron chi connectivity index (χ4n) is 4.18. The average Bonchev–Trinajstić information content (AvgIpc) is 3.35. The highest BCUT2D eigenvalue weighted by atomic mass is 32.1. The van der Waals surface area contributed by atoms with Crippen LogP contribution >= 0.6 is 11.3 Å². The van der Waals surface area contributed by atoms with Crippen molar-refractivity contribution in [3.05, 3.63) is 96.6 Å². The number of fused-ring (bicyclic) bond motifs is 4. The van der Waals surface area contributed by atoms with Gasteiger partial charge in [-0.1, -0.05) is 72.8 Å². The second-order valence-corrected chi connectivity index (χ2v) is 8.45. The minimum atomic E-state index is 1.07. The molecular formula is C26H18N2S. The largest absolute Gasteiger partial charge is 0.232 e. The van der Waals surface area contributed by atoms with E-state index in [1.165, 1.54) is 42.4 Å². The highest BCUT2D eigenvalue weighted by Crippen LogP contribution is 2.38. The lowest BCUT2D eigenvalue weighted by Crippen LogP contribution is -1.95. The zero-order valence-corrected chi connectivity index (χ0v) is 16.8. The van der Waals surface area contributed by atoms with E-state index in [0.717, 1.165) is 11.4 Å². The van der Waals surface area contributed by atoms with Crippen LogP contribution in [0.25, 0.3) is 48.2 Å². The van der Waals surface area contributed by atoms with Crippen LogP contribution in [0.3, 0.4) is 0 Å². The van der Waals surface area contributed by atoms with Crippen molar-refractivity contribution >= 4 is 37.7 Å². The van der Waals surface area contributed by atoms with E-state index in [4.69, 9.17) is 5.10 Å². The van der Waals surface area contributed by atoms with Gasteiger partial charge in [0.15, 0.2) is 0 Å². The van der Waals surface area contributed by atoms with E-state index >= 15 is 0 Å². The van der Waals surface area contributed by atoms with Crippen LogP contribution < -0.4 is 0 Å². The number of rotatable bonds is 2. The molecule has 29 heavy (non-hydrogen) atoms. The number of aromatic nitrogens is 2. The number of hydrogen-bond acceptors (Lipinski definition) is 2. The van der Waals surface area contributed by atoms with E-state index in [1.54, 1.807) is 0 Å². The first-order valence-corrected chi connectivity index (χ1v) is 10.6. The van der Waals surface area contributed by atoms with Crippen molar-refractivity contribution in [2.24, 2.45) is 0 Å². The Morgan fingerprint density at radius 3 is 2.31 bits per heavy atom. The van der Waals surface area contributed by atoms with Crippen LogP contribution in [-0.2, 0) is 0 Å². The van der Waals surface area contributed by atoms with Gasteiger partial charge in [-0.15, -0.1) is 11.3 Å². The van der Waals surface area contributed by atoms with Gasteiger partial charge in [0.05, 0.1) is 16.1 Å². The molecule has 0 saturated heterocycles. The van der Waals surface area contributed by atoms with Gasteiger partial charge < -0.3 is 0 Å². The Hall–Kier alpha value is -3.43. The number of nitrogens with zero attached hydrogens (tertiary/aromatic N) is 2. The molecule has 2 nitrogen and oxygen atoms in total. The quantitative estimate of drug-likeness (QED) is 0.302. The topological polar surface area (TPSA) is 17.3 Å². The van der Waals surface area contributed by atoms with Crippen molar-refractivity contribution in [1.29, 1.82) is 0 Å². The van der Waals surface area contributed by atoms with Crippen molar-refractivity contribution < 1.29 is 0 Å². The monoisotopic (exact) mass is 390 g/mol. The Balaban J connectivity index is 1.72. The summed E-state index contributed by atoms with van der Waals surface area (Å²) < 4.78 is 3.43.